The molecule has 0 unspecified atom stereocenters. The van der Waals surface area contributed by atoms with Gasteiger partial charge in [-0.25, -0.2) is 14.4 Å². The van der Waals surface area contributed by atoms with Crippen molar-refractivity contribution < 1.29 is 4.39 Å². The van der Waals surface area contributed by atoms with Crippen molar-refractivity contribution in [1.82, 2.24) is 9.97 Å². The minimum absolute atomic E-state index is 0.00801. The molecule has 0 aliphatic rings. The second-order valence-corrected chi connectivity index (χ2v) is 2.18. The summed E-state index contributed by atoms with van der Waals surface area (Å²) in [5, 5.41) is -0.189. The number of hydrogen-bond acceptors (Lipinski definition) is 2. The van der Waals surface area contributed by atoms with Gasteiger partial charge in [0.15, 0.2) is 11.0 Å². The van der Waals surface area contributed by atoms with Gasteiger partial charge < -0.3 is 0 Å². The van der Waals surface area contributed by atoms with Crippen LogP contribution in [0.4, 0.5) is 4.39 Å². The molecule has 1 heterocycles. The van der Waals surface area contributed by atoms with Gasteiger partial charge in [0.25, 0.3) is 0 Å². The molecular formula is C5H3Cl2FN2. The fraction of sp³-hybridized carbons (Fsp3) is 0.200. The Morgan fingerprint density at radius 2 is 2.20 bits per heavy atom. The van der Waals surface area contributed by atoms with Crippen molar-refractivity contribution in [3.63, 3.8) is 0 Å². The average Bonchev–Trinajstić information content (AvgIpc) is 1.95. The summed E-state index contributed by atoms with van der Waals surface area (Å²) in [5.41, 5.74) is 0.127. The van der Waals surface area contributed by atoms with Crippen molar-refractivity contribution in [3.8, 4) is 0 Å². The molecule has 0 aliphatic heterocycles. The molecule has 54 valence electrons. The monoisotopic (exact) mass is 180 g/mol. The van der Waals surface area contributed by atoms with Gasteiger partial charge in [-0.1, -0.05) is 11.6 Å². The van der Waals surface area contributed by atoms with E-state index < -0.39 is 5.82 Å². The smallest absolute Gasteiger partial charge is 0.183 e. The lowest BCUT2D eigenvalue weighted by Crippen LogP contribution is -1.93. The number of aromatic nitrogens is 2. The first-order chi connectivity index (χ1) is 4.75. The van der Waals surface area contributed by atoms with E-state index in [0.717, 1.165) is 0 Å². The zero-order chi connectivity index (χ0) is 7.56. The second-order valence-electron chi connectivity index (χ2n) is 1.56. The summed E-state index contributed by atoms with van der Waals surface area (Å²) in [7, 11) is 0. The van der Waals surface area contributed by atoms with Crippen LogP contribution >= 0.6 is 23.2 Å². The van der Waals surface area contributed by atoms with Crippen LogP contribution in [0.3, 0.4) is 0 Å². The number of halogens is 3. The molecule has 0 aromatic carbocycles. The molecule has 0 saturated heterocycles. The lowest BCUT2D eigenvalue weighted by molar-refractivity contribution is 0.600. The SMILES string of the molecule is Fc1c(Cl)ncnc1CCl. The van der Waals surface area contributed by atoms with Crippen molar-refractivity contribution in [2.45, 2.75) is 5.88 Å². The number of nitrogens with zero attached hydrogens (tertiary/aromatic N) is 2. The Morgan fingerprint density at radius 3 is 2.70 bits per heavy atom. The largest absolute Gasteiger partial charge is 0.237 e. The van der Waals surface area contributed by atoms with E-state index in [2.05, 4.69) is 9.97 Å². The Balaban J connectivity index is 3.14. The molecule has 2 nitrogen and oxygen atoms in total. The van der Waals surface area contributed by atoms with E-state index in [4.69, 9.17) is 23.2 Å². The van der Waals surface area contributed by atoms with Gasteiger partial charge in [-0.05, 0) is 0 Å². The van der Waals surface area contributed by atoms with E-state index in [1.54, 1.807) is 0 Å². The van der Waals surface area contributed by atoms with Crippen LogP contribution in [0.25, 0.3) is 0 Å². The Kier molecular flexibility index (Phi) is 2.40. The van der Waals surface area contributed by atoms with Gasteiger partial charge in [-0.2, -0.15) is 0 Å². The molecule has 0 amide bonds. The highest BCUT2D eigenvalue weighted by atomic mass is 35.5. The molecule has 1 rings (SSSR count). The number of alkyl halides is 1. The third-order valence-corrected chi connectivity index (χ3v) is 1.46. The highest BCUT2D eigenvalue weighted by Gasteiger charge is 2.06. The van der Waals surface area contributed by atoms with E-state index in [1.165, 1.54) is 6.33 Å². The first kappa shape index (κ1) is 7.69. The van der Waals surface area contributed by atoms with Crippen molar-refractivity contribution in [3.05, 3.63) is 23.0 Å². The first-order valence-electron chi connectivity index (χ1n) is 2.46. The Morgan fingerprint density at radius 1 is 1.50 bits per heavy atom. The summed E-state index contributed by atoms with van der Waals surface area (Å²) in [6.07, 6.45) is 1.17. The Labute approximate surface area is 67.0 Å². The third kappa shape index (κ3) is 1.36. The van der Waals surface area contributed by atoms with Crippen LogP contribution in [0.5, 0.6) is 0 Å². The molecule has 5 heteroatoms. The first-order valence-corrected chi connectivity index (χ1v) is 3.37. The lowest BCUT2D eigenvalue weighted by Gasteiger charge is -1.95. The minimum atomic E-state index is -0.640. The summed E-state index contributed by atoms with van der Waals surface area (Å²) in [5.74, 6) is -0.632. The predicted octanol–water partition coefficient (Wildman–Crippen LogP) is 2.01. The molecule has 0 saturated carbocycles. The third-order valence-electron chi connectivity index (χ3n) is 0.946. The van der Waals surface area contributed by atoms with Crippen molar-refractivity contribution >= 4 is 23.2 Å². The van der Waals surface area contributed by atoms with E-state index in [-0.39, 0.29) is 16.7 Å². The van der Waals surface area contributed by atoms with Crippen LogP contribution < -0.4 is 0 Å². The highest BCUT2D eigenvalue weighted by molar-refractivity contribution is 6.29. The van der Waals surface area contributed by atoms with Crippen LogP contribution in [-0.4, -0.2) is 9.97 Å². The maximum atomic E-state index is 12.7. The van der Waals surface area contributed by atoms with Gasteiger partial charge >= 0.3 is 0 Å². The van der Waals surface area contributed by atoms with Gasteiger partial charge in [0.1, 0.15) is 6.33 Å². The summed E-state index contributed by atoms with van der Waals surface area (Å²) < 4.78 is 12.7. The van der Waals surface area contributed by atoms with Crippen LogP contribution in [-0.2, 0) is 5.88 Å². The second kappa shape index (κ2) is 3.12. The minimum Gasteiger partial charge on any atom is -0.237 e. The van der Waals surface area contributed by atoms with E-state index in [1.807, 2.05) is 0 Å². The quantitative estimate of drug-likeness (QED) is 0.489. The Bertz CT molecular complexity index is 241. The molecule has 0 spiro atoms. The van der Waals surface area contributed by atoms with Crippen molar-refractivity contribution in [2.75, 3.05) is 0 Å². The van der Waals surface area contributed by atoms with Gasteiger partial charge in [-0.15, -0.1) is 11.6 Å². The predicted molar refractivity (Wildman–Crippen MR) is 36.6 cm³/mol. The molecule has 1 aromatic rings. The van der Waals surface area contributed by atoms with Gasteiger partial charge in [-0.3, -0.25) is 0 Å². The highest BCUT2D eigenvalue weighted by Crippen LogP contribution is 2.13. The molecule has 1 aromatic heterocycles. The summed E-state index contributed by atoms with van der Waals surface area (Å²) >= 11 is 10.6. The summed E-state index contributed by atoms with van der Waals surface area (Å²) in [6, 6.07) is 0. The van der Waals surface area contributed by atoms with Crippen LogP contribution in [0.15, 0.2) is 6.33 Å². The van der Waals surface area contributed by atoms with E-state index in [9.17, 15) is 4.39 Å². The zero-order valence-corrected chi connectivity index (χ0v) is 6.32. The molecule has 10 heavy (non-hydrogen) atoms. The number of rotatable bonds is 1. The fourth-order valence-electron chi connectivity index (χ4n) is 0.475. The molecule has 0 N–H and O–H groups in total. The standard InChI is InChI=1S/C5H3Cl2FN2/c6-1-3-4(8)5(7)10-2-9-3/h2H,1H2. The molecule has 0 radical (unpaired) electrons. The van der Waals surface area contributed by atoms with Gasteiger partial charge in [0.2, 0.25) is 0 Å². The molecule has 0 aliphatic carbocycles. The fourth-order valence-corrected chi connectivity index (χ4v) is 0.814. The molecule has 0 fully saturated rings. The maximum Gasteiger partial charge on any atom is 0.183 e. The van der Waals surface area contributed by atoms with Crippen LogP contribution in [0.1, 0.15) is 5.69 Å². The summed E-state index contributed by atoms with van der Waals surface area (Å²) in [4.78, 5) is 6.96. The Hall–Kier alpha value is -0.410. The zero-order valence-electron chi connectivity index (χ0n) is 4.81. The van der Waals surface area contributed by atoms with Gasteiger partial charge in [0, 0.05) is 0 Å². The van der Waals surface area contributed by atoms with Crippen LogP contribution in [0.2, 0.25) is 5.15 Å². The van der Waals surface area contributed by atoms with E-state index in [0.29, 0.717) is 0 Å². The topological polar surface area (TPSA) is 25.8 Å². The maximum absolute atomic E-state index is 12.7. The van der Waals surface area contributed by atoms with E-state index >= 15 is 0 Å². The average molecular weight is 181 g/mol. The number of hydrogen-bond donors (Lipinski definition) is 0. The normalized spacial score (nSPS) is 9.90. The lowest BCUT2D eigenvalue weighted by atomic mass is 10.4. The van der Waals surface area contributed by atoms with Crippen molar-refractivity contribution in [2.24, 2.45) is 0 Å². The van der Waals surface area contributed by atoms with Crippen LogP contribution in [0, 0.1) is 5.82 Å². The molecular weight excluding hydrogens is 178 g/mol. The summed E-state index contributed by atoms with van der Waals surface area (Å²) in [6.45, 7) is 0. The van der Waals surface area contributed by atoms with Crippen molar-refractivity contribution in [1.29, 1.82) is 0 Å². The van der Waals surface area contributed by atoms with Gasteiger partial charge in [0.05, 0.1) is 11.6 Å². The molecule has 0 bridgehead atoms. The molecule has 0 atom stereocenters.